The van der Waals surface area contributed by atoms with E-state index < -0.39 is 0 Å². The summed E-state index contributed by atoms with van der Waals surface area (Å²) in [6, 6.07) is 12.9. The van der Waals surface area contributed by atoms with Gasteiger partial charge >= 0.3 is 0 Å². The number of hydrogen-bond acceptors (Lipinski definition) is 2. The molecule has 0 saturated heterocycles. The molecule has 2 rings (SSSR count). The Morgan fingerprint density at radius 2 is 1.59 bits per heavy atom. The molecule has 114 valence electrons. The van der Waals surface area contributed by atoms with Crippen molar-refractivity contribution in [1.82, 2.24) is 0 Å². The summed E-state index contributed by atoms with van der Waals surface area (Å²) >= 11 is 0. The first-order valence-electron chi connectivity index (χ1n) is 7.33. The lowest BCUT2D eigenvalue weighted by molar-refractivity contribution is 0.450. The first-order chi connectivity index (χ1) is 10.4. The van der Waals surface area contributed by atoms with Crippen molar-refractivity contribution in [3.05, 3.63) is 71.8 Å². The Balaban J connectivity index is 2.26. The SMILES string of the molecule is C=CCC(C)(C)c1cccc(/C=C/c2cc(O)cc(O)c2)c1. The van der Waals surface area contributed by atoms with E-state index in [1.165, 1.54) is 11.6 Å². The average molecular weight is 294 g/mol. The van der Waals surface area contributed by atoms with Gasteiger partial charge in [-0.05, 0) is 40.7 Å². The van der Waals surface area contributed by atoms with Crippen LogP contribution in [0.4, 0.5) is 0 Å². The monoisotopic (exact) mass is 294 g/mol. The van der Waals surface area contributed by atoms with E-state index in [0.29, 0.717) is 0 Å². The number of phenols is 2. The molecular formula is C20H22O2. The van der Waals surface area contributed by atoms with Gasteiger partial charge in [-0.15, -0.1) is 6.58 Å². The molecule has 0 aliphatic carbocycles. The van der Waals surface area contributed by atoms with Gasteiger partial charge in [0.15, 0.2) is 0 Å². The molecule has 0 unspecified atom stereocenters. The number of hydrogen-bond donors (Lipinski definition) is 2. The molecular weight excluding hydrogens is 272 g/mol. The summed E-state index contributed by atoms with van der Waals surface area (Å²) < 4.78 is 0. The van der Waals surface area contributed by atoms with Crippen LogP contribution in [0.5, 0.6) is 11.5 Å². The van der Waals surface area contributed by atoms with Crippen molar-refractivity contribution in [2.75, 3.05) is 0 Å². The van der Waals surface area contributed by atoms with E-state index in [9.17, 15) is 10.2 Å². The largest absolute Gasteiger partial charge is 0.508 e. The van der Waals surface area contributed by atoms with Crippen LogP contribution in [0.25, 0.3) is 12.2 Å². The quantitative estimate of drug-likeness (QED) is 0.593. The standard InChI is InChI=1S/C20H22O2/c1-4-10-20(2,3)17-7-5-6-15(11-17)8-9-16-12-18(21)14-19(22)13-16/h4-9,11-14,21-22H,1,10H2,2-3H3/b9-8+. The molecule has 0 atom stereocenters. The minimum absolute atomic E-state index is 0.0505. The molecule has 0 radical (unpaired) electrons. The molecule has 0 bridgehead atoms. The van der Waals surface area contributed by atoms with Crippen LogP contribution in [0.2, 0.25) is 0 Å². The summed E-state index contributed by atoms with van der Waals surface area (Å²) in [6.07, 6.45) is 6.71. The molecule has 2 nitrogen and oxygen atoms in total. The highest BCUT2D eigenvalue weighted by Crippen LogP contribution is 2.28. The first-order valence-corrected chi connectivity index (χ1v) is 7.33. The van der Waals surface area contributed by atoms with Crippen molar-refractivity contribution in [3.63, 3.8) is 0 Å². The molecule has 0 aromatic heterocycles. The number of phenolic OH excluding ortho intramolecular Hbond substituents is 2. The molecule has 0 amide bonds. The molecule has 0 spiro atoms. The maximum absolute atomic E-state index is 9.50. The van der Waals surface area contributed by atoms with Crippen LogP contribution in [0.15, 0.2) is 55.1 Å². The van der Waals surface area contributed by atoms with Crippen LogP contribution in [0.1, 0.15) is 37.0 Å². The topological polar surface area (TPSA) is 40.5 Å². The zero-order chi connectivity index (χ0) is 16.2. The van der Waals surface area contributed by atoms with Crippen molar-refractivity contribution < 1.29 is 10.2 Å². The summed E-state index contributed by atoms with van der Waals surface area (Å²) in [5, 5.41) is 19.0. The lowest BCUT2D eigenvalue weighted by Crippen LogP contribution is -2.15. The Morgan fingerprint density at radius 1 is 0.955 bits per heavy atom. The van der Waals surface area contributed by atoms with Gasteiger partial charge in [0, 0.05) is 6.07 Å². The number of allylic oxidation sites excluding steroid dienone is 1. The van der Waals surface area contributed by atoms with Gasteiger partial charge in [-0.3, -0.25) is 0 Å². The zero-order valence-corrected chi connectivity index (χ0v) is 13.1. The van der Waals surface area contributed by atoms with Gasteiger partial charge in [-0.25, -0.2) is 0 Å². The van der Waals surface area contributed by atoms with Gasteiger partial charge in [0.1, 0.15) is 11.5 Å². The van der Waals surface area contributed by atoms with Gasteiger partial charge in [0.05, 0.1) is 0 Å². The van der Waals surface area contributed by atoms with Crippen molar-refractivity contribution in [2.24, 2.45) is 0 Å². The van der Waals surface area contributed by atoms with Crippen LogP contribution in [-0.4, -0.2) is 10.2 Å². The molecule has 0 aliphatic rings. The summed E-state index contributed by atoms with van der Waals surface area (Å²) in [5.41, 5.74) is 3.15. The molecule has 2 heteroatoms. The summed E-state index contributed by atoms with van der Waals surface area (Å²) in [5.74, 6) is 0.112. The van der Waals surface area contributed by atoms with Crippen LogP contribution in [-0.2, 0) is 5.41 Å². The Kier molecular flexibility index (Phi) is 4.71. The Hall–Kier alpha value is -2.48. The third-order valence-corrected chi connectivity index (χ3v) is 3.72. The van der Waals surface area contributed by atoms with Crippen LogP contribution in [0, 0.1) is 0 Å². The number of benzene rings is 2. The van der Waals surface area contributed by atoms with Crippen molar-refractivity contribution in [1.29, 1.82) is 0 Å². The minimum Gasteiger partial charge on any atom is -0.508 e. The van der Waals surface area contributed by atoms with Crippen LogP contribution >= 0.6 is 0 Å². The predicted molar refractivity (Wildman–Crippen MR) is 93.0 cm³/mol. The van der Waals surface area contributed by atoms with Gasteiger partial charge in [-0.2, -0.15) is 0 Å². The molecule has 2 aromatic carbocycles. The maximum atomic E-state index is 9.50. The molecule has 22 heavy (non-hydrogen) atoms. The predicted octanol–water partition coefficient (Wildman–Crippen LogP) is 5.12. The van der Waals surface area contributed by atoms with Crippen LogP contribution < -0.4 is 0 Å². The van der Waals surface area contributed by atoms with Crippen LogP contribution in [0.3, 0.4) is 0 Å². The van der Waals surface area contributed by atoms with E-state index in [0.717, 1.165) is 17.5 Å². The molecule has 0 saturated carbocycles. The van der Waals surface area contributed by atoms with E-state index in [2.05, 4.69) is 32.6 Å². The lowest BCUT2D eigenvalue weighted by atomic mass is 9.81. The fourth-order valence-electron chi connectivity index (χ4n) is 2.45. The zero-order valence-electron chi connectivity index (χ0n) is 13.1. The molecule has 2 aromatic rings. The summed E-state index contributed by atoms with van der Waals surface area (Å²) in [4.78, 5) is 0. The van der Waals surface area contributed by atoms with E-state index in [1.54, 1.807) is 12.1 Å². The first kappa shape index (κ1) is 15.9. The van der Waals surface area contributed by atoms with E-state index in [4.69, 9.17) is 0 Å². The second-order valence-electron chi connectivity index (χ2n) is 6.12. The third-order valence-electron chi connectivity index (χ3n) is 3.72. The number of aromatic hydroxyl groups is 2. The van der Waals surface area contributed by atoms with Gasteiger partial charge in [-0.1, -0.05) is 56.3 Å². The molecule has 0 aliphatic heterocycles. The Morgan fingerprint density at radius 3 is 2.23 bits per heavy atom. The smallest absolute Gasteiger partial charge is 0.119 e. The fourth-order valence-corrected chi connectivity index (χ4v) is 2.45. The second-order valence-corrected chi connectivity index (χ2v) is 6.12. The average Bonchev–Trinajstić information content (AvgIpc) is 2.44. The fraction of sp³-hybridized carbons (Fsp3) is 0.200. The highest BCUT2D eigenvalue weighted by molar-refractivity contribution is 5.71. The molecule has 0 heterocycles. The third kappa shape index (κ3) is 4.01. The molecule has 0 fully saturated rings. The van der Waals surface area contributed by atoms with E-state index in [-0.39, 0.29) is 16.9 Å². The van der Waals surface area contributed by atoms with E-state index >= 15 is 0 Å². The van der Waals surface area contributed by atoms with Gasteiger partial charge in [0.2, 0.25) is 0 Å². The van der Waals surface area contributed by atoms with E-state index in [1.807, 2.05) is 30.4 Å². The Labute approximate surface area is 132 Å². The maximum Gasteiger partial charge on any atom is 0.119 e. The summed E-state index contributed by atoms with van der Waals surface area (Å²) in [7, 11) is 0. The highest BCUT2D eigenvalue weighted by Gasteiger charge is 2.18. The minimum atomic E-state index is 0.0505. The van der Waals surface area contributed by atoms with Crippen molar-refractivity contribution >= 4 is 12.2 Å². The van der Waals surface area contributed by atoms with Crippen molar-refractivity contribution in [3.8, 4) is 11.5 Å². The molecule has 2 N–H and O–H groups in total. The highest BCUT2D eigenvalue weighted by atomic mass is 16.3. The van der Waals surface area contributed by atoms with Crippen molar-refractivity contribution in [2.45, 2.75) is 25.7 Å². The Bertz CT molecular complexity index is 676. The number of rotatable bonds is 5. The van der Waals surface area contributed by atoms with Gasteiger partial charge in [0.25, 0.3) is 0 Å². The second kappa shape index (κ2) is 6.52. The summed E-state index contributed by atoms with van der Waals surface area (Å²) in [6.45, 7) is 8.22. The normalized spacial score (nSPS) is 11.7. The lowest BCUT2D eigenvalue weighted by Gasteiger charge is -2.23. The van der Waals surface area contributed by atoms with Gasteiger partial charge < -0.3 is 10.2 Å².